The Morgan fingerprint density at radius 1 is 1.07 bits per heavy atom. The average Bonchev–Trinajstić information content (AvgIpc) is 2.65. The third-order valence-electron chi connectivity index (χ3n) is 4.52. The predicted octanol–water partition coefficient (Wildman–Crippen LogP) is 4.51. The van der Waals surface area contributed by atoms with E-state index in [1.54, 1.807) is 14.0 Å². The Morgan fingerprint density at radius 2 is 1.74 bits per heavy atom. The summed E-state index contributed by atoms with van der Waals surface area (Å²) in [6, 6.07) is 15.9. The van der Waals surface area contributed by atoms with Crippen LogP contribution in [0.25, 0.3) is 0 Å². The van der Waals surface area contributed by atoms with E-state index in [2.05, 4.69) is 26.1 Å². The second kappa shape index (κ2) is 9.45. The third-order valence-corrected chi connectivity index (χ3v) is 4.52. The first kappa shape index (κ1) is 20.8. The van der Waals surface area contributed by atoms with Crippen LogP contribution in [-0.2, 0) is 16.6 Å². The van der Waals surface area contributed by atoms with Crippen LogP contribution >= 0.6 is 0 Å². The minimum atomic E-state index is -0.531. The molecule has 2 aromatic carbocycles. The number of aryl methyl sites for hydroxylation is 1. The van der Waals surface area contributed by atoms with Crippen molar-refractivity contribution in [3.05, 3.63) is 59.7 Å². The van der Waals surface area contributed by atoms with Crippen LogP contribution in [0.15, 0.2) is 48.5 Å². The highest BCUT2D eigenvalue weighted by Crippen LogP contribution is 2.24. The molecule has 2 rings (SSSR count). The molecule has 27 heavy (non-hydrogen) atoms. The van der Waals surface area contributed by atoms with E-state index in [1.807, 2.05) is 48.5 Å². The number of carbonyl (C=O) groups excluding carboxylic acids is 1. The smallest absolute Gasteiger partial charge is 0.260 e. The Bertz CT molecular complexity index is 732. The maximum atomic E-state index is 12.2. The van der Waals surface area contributed by atoms with E-state index in [1.165, 1.54) is 5.56 Å². The SMILES string of the molecule is COc1ccccc1CCCNC(=O)[C@H](C)Oc1ccc(C(C)(C)C)cc1. The maximum Gasteiger partial charge on any atom is 0.260 e. The molecule has 0 aliphatic heterocycles. The lowest BCUT2D eigenvalue weighted by Gasteiger charge is -2.20. The molecule has 4 nitrogen and oxygen atoms in total. The van der Waals surface area contributed by atoms with Crippen molar-refractivity contribution in [2.45, 2.75) is 52.1 Å². The molecule has 1 atom stereocenters. The molecule has 0 bridgehead atoms. The number of benzene rings is 2. The van der Waals surface area contributed by atoms with Crippen LogP contribution in [0.3, 0.4) is 0 Å². The second-order valence-electron chi connectivity index (χ2n) is 7.74. The van der Waals surface area contributed by atoms with Gasteiger partial charge in [-0.1, -0.05) is 51.1 Å². The summed E-state index contributed by atoms with van der Waals surface area (Å²) in [5.74, 6) is 1.49. The Morgan fingerprint density at radius 3 is 2.37 bits per heavy atom. The van der Waals surface area contributed by atoms with Gasteiger partial charge in [0.25, 0.3) is 5.91 Å². The molecular weight excluding hydrogens is 338 g/mol. The van der Waals surface area contributed by atoms with Gasteiger partial charge in [-0.25, -0.2) is 0 Å². The van der Waals surface area contributed by atoms with Crippen molar-refractivity contribution in [1.29, 1.82) is 0 Å². The summed E-state index contributed by atoms with van der Waals surface area (Å²) in [5, 5.41) is 2.94. The molecule has 146 valence electrons. The van der Waals surface area contributed by atoms with Crippen molar-refractivity contribution >= 4 is 5.91 Å². The van der Waals surface area contributed by atoms with E-state index < -0.39 is 6.10 Å². The van der Waals surface area contributed by atoms with Crippen molar-refractivity contribution in [2.24, 2.45) is 0 Å². The van der Waals surface area contributed by atoms with Crippen LogP contribution in [0.1, 0.15) is 45.2 Å². The van der Waals surface area contributed by atoms with Gasteiger partial charge < -0.3 is 14.8 Å². The standard InChI is InChI=1S/C23H31NO3/c1-17(27-20-14-12-19(13-15-20)23(2,3)4)22(25)24-16-8-10-18-9-6-7-11-21(18)26-5/h6-7,9,11-15,17H,8,10,16H2,1-5H3,(H,24,25)/t17-/m0/s1. The molecule has 0 saturated heterocycles. The Balaban J connectivity index is 1.77. The highest BCUT2D eigenvalue weighted by Gasteiger charge is 2.16. The number of rotatable bonds is 8. The number of nitrogens with one attached hydrogen (secondary N) is 1. The van der Waals surface area contributed by atoms with Gasteiger partial charge in [-0.15, -0.1) is 0 Å². The molecule has 0 spiro atoms. The molecule has 0 aromatic heterocycles. The van der Waals surface area contributed by atoms with Crippen molar-refractivity contribution < 1.29 is 14.3 Å². The second-order valence-corrected chi connectivity index (χ2v) is 7.74. The monoisotopic (exact) mass is 369 g/mol. The van der Waals surface area contributed by atoms with Gasteiger partial charge in [0.15, 0.2) is 6.10 Å². The van der Waals surface area contributed by atoms with Crippen LogP contribution in [0.5, 0.6) is 11.5 Å². The van der Waals surface area contributed by atoms with E-state index in [4.69, 9.17) is 9.47 Å². The average molecular weight is 370 g/mol. The largest absolute Gasteiger partial charge is 0.496 e. The fourth-order valence-electron chi connectivity index (χ4n) is 2.83. The molecule has 0 heterocycles. The third kappa shape index (κ3) is 6.31. The lowest BCUT2D eigenvalue weighted by atomic mass is 9.87. The highest BCUT2D eigenvalue weighted by atomic mass is 16.5. The van der Waals surface area contributed by atoms with Crippen LogP contribution in [0.4, 0.5) is 0 Å². The first-order valence-electron chi connectivity index (χ1n) is 9.48. The zero-order valence-electron chi connectivity index (χ0n) is 17.0. The van der Waals surface area contributed by atoms with Crippen molar-refractivity contribution in [3.63, 3.8) is 0 Å². The van der Waals surface area contributed by atoms with Crippen molar-refractivity contribution in [2.75, 3.05) is 13.7 Å². The van der Waals surface area contributed by atoms with Crippen molar-refractivity contribution in [3.8, 4) is 11.5 Å². The van der Waals surface area contributed by atoms with Gasteiger partial charge in [0.2, 0.25) is 0 Å². The molecule has 2 aromatic rings. The summed E-state index contributed by atoms with van der Waals surface area (Å²) in [7, 11) is 1.67. The van der Waals surface area contributed by atoms with Crippen molar-refractivity contribution in [1.82, 2.24) is 5.32 Å². The van der Waals surface area contributed by atoms with Crippen LogP contribution < -0.4 is 14.8 Å². The van der Waals surface area contributed by atoms with E-state index in [9.17, 15) is 4.79 Å². The topological polar surface area (TPSA) is 47.6 Å². The normalized spacial score (nSPS) is 12.3. The lowest BCUT2D eigenvalue weighted by Crippen LogP contribution is -2.36. The minimum Gasteiger partial charge on any atom is -0.496 e. The molecule has 4 heteroatoms. The van der Waals surface area contributed by atoms with E-state index in [0.717, 1.165) is 24.2 Å². The minimum absolute atomic E-state index is 0.100. The Kier molecular flexibility index (Phi) is 7.28. The van der Waals surface area contributed by atoms with Crippen LogP contribution in [-0.4, -0.2) is 25.7 Å². The molecule has 1 amide bonds. The van der Waals surface area contributed by atoms with E-state index in [0.29, 0.717) is 12.3 Å². The van der Waals surface area contributed by atoms with Crippen LogP contribution in [0.2, 0.25) is 0 Å². The summed E-state index contributed by atoms with van der Waals surface area (Å²) >= 11 is 0. The number of amides is 1. The lowest BCUT2D eigenvalue weighted by molar-refractivity contribution is -0.127. The first-order valence-corrected chi connectivity index (χ1v) is 9.48. The Hall–Kier alpha value is -2.49. The summed E-state index contributed by atoms with van der Waals surface area (Å²) in [6.07, 6.45) is 1.17. The number of ether oxygens (including phenoxy) is 2. The fraction of sp³-hybridized carbons (Fsp3) is 0.435. The molecule has 0 saturated carbocycles. The number of hydrogen-bond donors (Lipinski definition) is 1. The Labute approximate surface area is 162 Å². The molecular formula is C23H31NO3. The zero-order chi connectivity index (χ0) is 19.9. The van der Waals surface area contributed by atoms with Gasteiger partial charge in [-0.05, 0) is 54.5 Å². The molecule has 0 radical (unpaired) electrons. The number of para-hydroxylation sites is 1. The van der Waals surface area contributed by atoms with Gasteiger partial charge in [0, 0.05) is 6.54 Å². The predicted molar refractivity (Wildman–Crippen MR) is 110 cm³/mol. The van der Waals surface area contributed by atoms with Gasteiger partial charge >= 0.3 is 0 Å². The van der Waals surface area contributed by atoms with Gasteiger partial charge in [-0.2, -0.15) is 0 Å². The molecule has 1 N–H and O–H groups in total. The fourth-order valence-corrected chi connectivity index (χ4v) is 2.83. The number of carbonyl (C=O) groups is 1. The molecule has 0 fully saturated rings. The summed E-state index contributed by atoms with van der Waals surface area (Å²) in [4.78, 5) is 12.2. The number of hydrogen-bond acceptors (Lipinski definition) is 3. The summed E-state index contributed by atoms with van der Waals surface area (Å²) in [5.41, 5.74) is 2.49. The molecule has 0 aliphatic carbocycles. The quantitative estimate of drug-likeness (QED) is 0.697. The van der Waals surface area contributed by atoms with Gasteiger partial charge in [0.1, 0.15) is 11.5 Å². The van der Waals surface area contributed by atoms with Gasteiger partial charge in [-0.3, -0.25) is 4.79 Å². The first-order chi connectivity index (χ1) is 12.8. The summed E-state index contributed by atoms with van der Waals surface area (Å²) in [6.45, 7) is 8.89. The molecule has 0 unspecified atom stereocenters. The van der Waals surface area contributed by atoms with Gasteiger partial charge in [0.05, 0.1) is 7.11 Å². The van der Waals surface area contributed by atoms with E-state index >= 15 is 0 Å². The zero-order valence-corrected chi connectivity index (χ0v) is 17.0. The summed E-state index contributed by atoms with van der Waals surface area (Å²) < 4.78 is 11.1. The maximum absolute atomic E-state index is 12.2. The van der Waals surface area contributed by atoms with Crippen LogP contribution in [0, 0.1) is 0 Å². The highest BCUT2D eigenvalue weighted by molar-refractivity contribution is 5.80. The van der Waals surface area contributed by atoms with E-state index in [-0.39, 0.29) is 11.3 Å². The number of methoxy groups -OCH3 is 1. The molecule has 0 aliphatic rings.